The van der Waals surface area contributed by atoms with Gasteiger partial charge in [-0.05, 0) is 26.2 Å². The molecule has 1 fully saturated rings. The molecule has 1 rings (SSSR count). The van der Waals surface area contributed by atoms with Crippen molar-refractivity contribution in [2.45, 2.75) is 83.4 Å². The molecule has 1 aliphatic rings. The zero-order chi connectivity index (χ0) is 11.8. The first-order valence-electron chi connectivity index (χ1n) is 7.06. The van der Waals surface area contributed by atoms with E-state index in [0.29, 0.717) is 18.2 Å². The number of unbranched alkanes of at least 4 members (excludes halogenated alkanes) is 1. The monoisotopic (exact) mass is 227 g/mol. The maximum atomic E-state index is 5.63. The first-order valence-corrected chi connectivity index (χ1v) is 7.06. The van der Waals surface area contributed by atoms with E-state index in [-0.39, 0.29) is 0 Å². The Bertz CT molecular complexity index is 172. The fourth-order valence-corrected chi connectivity index (χ4v) is 2.71. The Balaban J connectivity index is 2.35. The second-order valence-electron chi connectivity index (χ2n) is 5.23. The van der Waals surface area contributed by atoms with E-state index in [1.807, 2.05) is 7.11 Å². The molecule has 1 saturated carbocycles. The summed E-state index contributed by atoms with van der Waals surface area (Å²) in [5, 5.41) is 3.77. The molecule has 96 valence electrons. The lowest BCUT2D eigenvalue weighted by molar-refractivity contribution is 0.0592. The van der Waals surface area contributed by atoms with Gasteiger partial charge in [-0.1, -0.05) is 39.0 Å². The normalized spacial score (nSPS) is 28.7. The summed E-state index contributed by atoms with van der Waals surface area (Å²) in [6.07, 6.45) is 10.9. The van der Waals surface area contributed by atoms with Crippen LogP contribution >= 0.6 is 0 Å². The van der Waals surface area contributed by atoms with Gasteiger partial charge in [-0.25, -0.2) is 0 Å². The molecule has 0 aromatic rings. The van der Waals surface area contributed by atoms with Crippen LogP contribution in [-0.4, -0.2) is 25.3 Å². The van der Waals surface area contributed by atoms with E-state index in [1.54, 1.807) is 0 Å². The molecule has 0 spiro atoms. The van der Waals surface area contributed by atoms with E-state index in [0.717, 1.165) is 0 Å². The summed E-state index contributed by atoms with van der Waals surface area (Å²) in [6, 6.07) is 1.22. The third-order valence-corrected chi connectivity index (χ3v) is 3.74. The van der Waals surface area contributed by atoms with Gasteiger partial charge in [0.05, 0.1) is 6.10 Å². The predicted octanol–water partition coefficient (Wildman–Crippen LogP) is 3.50. The van der Waals surface area contributed by atoms with Gasteiger partial charge in [-0.15, -0.1) is 0 Å². The molecule has 2 heteroatoms. The summed E-state index contributed by atoms with van der Waals surface area (Å²) in [5.74, 6) is 0. The Kier molecular flexibility index (Phi) is 7.06. The molecule has 1 aliphatic carbocycles. The average Bonchev–Trinajstić information content (AvgIpc) is 2.51. The van der Waals surface area contributed by atoms with Crippen molar-refractivity contribution < 1.29 is 4.74 Å². The molecule has 0 saturated heterocycles. The zero-order valence-electron chi connectivity index (χ0n) is 11.3. The molecule has 3 atom stereocenters. The van der Waals surface area contributed by atoms with Crippen molar-refractivity contribution in [1.29, 1.82) is 0 Å². The highest BCUT2D eigenvalue weighted by Crippen LogP contribution is 2.21. The number of nitrogens with one attached hydrogen (secondary N) is 1. The fraction of sp³-hybridized carbons (Fsp3) is 1.00. The summed E-state index contributed by atoms with van der Waals surface area (Å²) < 4.78 is 5.63. The van der Waals surface area contributed by atoms with Crippen LogP contribution in [0.25, 0.3) is 0 Å². The van der Waals surface area contributed by atoms with E-state index in [9.17, 15) is 0 Å². The summed E-state index contributed by atoms with van der Waals surface area (Å²) in [4.78, 5) is 0. The third kappa shape index (κ3) is 4.84. The predicted molar refractivity (Wildman–Crippen MR) is 69.8 cm³/mol. The Labute approximate surface area is 101 Å². The number of hydrogen-bond donors (Lipinski definition) is 1. The minimum Gasteiger partial charge on any atom is -0.380 e. The Morgan fingerprint density at radius 1 is 1.25 bits per heavy atom. The minimum absolute atomic E-state index is 0.437. The summed E-state index contributed by atoms with van der Waals surface area (Å²) in [5.41, 5.74) is 0. The van der Waals surface area contributed by atoms with Crippen molar-refractivity contribution in [3.63, 3.8) is 0 Å². The molecular formula is C14H29NO. The van der Waals surface area contributed by atoms with Gasteiger partial charge in [0.2, 0.25) is 0 Å². The molecule has 0 radical (unpaired) electrons. The second kappa shape index (κ2) is 8.08. The lowest BCUT2D eigenvalue weighted by atomic mass is 10.0. The molecule has 0 aromatic carbocycles. The van der Waals surface area contributed by atoms with Crippen LogP contribution in [0.3, 0.4) is 0 Å². The molecule has 2 nitrogen and oxygen atoms in total. The van der Waals surface area contributed by atoms with Crippen molar-refractivity contribution in [3.8, 4) is 0 Å². The standard InChI is InChI=1S/C14H29NO/c1-4-5-9-12(2)15-13-10-7-6-8-11-14(13)16-3/h12-15H,4-11H2,1-3H3. The van der Waals surface area contributed by atoms with E-state index in [1.165, 1.54) is 51.4 Å². The average molecular weight is 227 g/mol. The van der Waals surface area contributed by atoms with Gasteiger partial charge >= 0.3 is 0 Å². The summed E-state index contributed by atoms with van der Waals surface area (Å²) in [6.45, 7) is 4.57. The van der Waals surface area contributed by atoms with E-state index >= 15 is 0 Å². The maximum Gasteiger partial charge on any atom is 0.0724 e. The lowest BCUT2D eigenvalue weighted by Gasteiger charge is -2.28. The molecule has 0 heterocycles. The van der Waals surface area contributed by atoms with Crippen LogP contribution < -0.4 is 5.32 Å². The smallest absolute Gasteiger partial charge is 0.0724 e. The maximum absolute atomic E-state index is 5.63. The first kappa shape index (κ1) is 14.0. The van der Waals surface area contributed by atoms with Gasteiger partial charge in [0.1, 0.15) is 0 Å². The van der Waals surface area contributed by atoms with E-state index in [4.69, 9.17) is 4.74 Å². The van der Waals surface area contributed by atoms with Gasteiger partial charge in [0.25, 0.3) is 0 Å². The Morgan fingerprint density at radius 2 is 2.00 bits per heavy atom. The van der Waals surface area contributed by atoms with Gasteiger partial charge in [-0.2, -0.15) is 0 Å². The number of methoxy groups -OCH3 is 1. The highest BCUT2D eigenvalue weighted by molar-refractivity contribution is 4.82. The topological polar surface area (TPSA) is 21.3 Å². The zero-order valence-corrected chi connectivity index (χ0v) is 11.3. The van der Waals surface area contributed by atoms with Crippen LogP contribution in [0.1, 0.15) is 65.2 Å². The molecule has 0 bridgehead atoms. The quantitative estimate of drug-likeness (QED) is 0.701. The summed E-state index contributed by atoms with van der Waals surface area (Å²) in [7, 11) is 1.86. The van der Waals surface area contributed by atoms with Crippen LogP contribution in [0.2, 0.25) is 0 Å². The van der Waals surface area contributed by atoms with Crippen LogP contribution in [0.15, 0.2) is 0 Å². The van der Waals surface area contributed by atoms with Crippen LogP contribution in [0.5, 0.6) is 0 Å². The van der Waals surface area contributed by atoms with Crippen molar-refractivity contribution >= 4 is 0 Å². The highest BCUT2D eigenvalue weighted by Gasteiger charge is 2.24. The van der Waals surface area contributed by atoms with Crippen molar-refractivity contribution in [2.75, 3.05) is 7.11 Å². The molecule has 0 aliphatic heterocycles. The van der Waals surface area contributed by atoms with Gasteiger partial charge < -0.3 is 10.1 Å². The Morgan fingerprint density at radius 3 is 2.69 bits per heavy atom. The lowest BCUT2D eigenvalue weighted by Crippen LogP contribution is -2.44. The van der Waals surface area contributed by atoms with E-state index < -0.39 is 0 Å². The van der Waals surface area contributed by atoms with Crippen LogP contribution in [-0.2, 0) is 4.74 Å². The number of hydrogen-bond acceptors (Lipinski definition) is 2. The third-order valence-electron chi connectivity index (χ3n) is 3.74. The number of rotatable bonds is 6. The first-order chi connectivity index (χ1) is 7.77. The summed E-state index contributed by atoms with van der Waals surface area (Å²) >= 11 is 0. The Hall–Kier alpha value is -0.0800. The molecule has 16 heavy (non-hydrogen) atoms. The van der Waals surface area contributed by atoms with Gasteiger partial charge in [0, 0.05) is 19.2 Å². The van der Waals surface area contributed by atoms with Gasteiger partial charge in [-0.3, -0.25) is 0 Å². The largest absolute Gasteiger partial charge is 0.380 e. The minimum atomic E-state index is 0.437. The van der Waals surface area contributed by atoms with Crippen molar-refractivity contribution in [3.05, 3.63) is 0 Å². The molecular weight excluding hydrogens is 198 g/mol. The second-order valence-corrected chi connectivity index (χ2v) is 5.23. The molecule has 0 amide bonds. The van der Waals surface area contributed by atoms with Crippen LogP contribution in [0.4, 0.5) is 0 Å². The molecule has 3 unspecified atom stereocenters. The van der Waals surface area contributed by atoms with Gasteiger partial charge in [0.15, 0.2) is 0 Å². The van der Waals surface area contributed by atoms with E-state index in [2.05, 4.69) is 19.2 Å². The highest BCUT2D eigenvalue weighted by atomic mass is 16.5. The number of ether oxygens (including phenoxy) is 1. The van der Waals surface area contributed by atoms with Crippen molar-refractivity contribution in [1.82, 2.24) is 5.32 Å². The SMILES string of the molecule is CCCCC(C)NC1CCCCCC1OC. The van der Waals surface area contributed by atoms with Crippen molar-refractivity contribution in [2.24, 2.45) is 0 Å². The molecule has 1 N–H and O–H groups in total. The van der Waals surface area contributed by atoms with Crippen LogP contribution in [0, 0.1) is 0 Å². The molecule has 0 aromatic heterocycles. The fourth-order valence-electron chi connectivity index (χ4n) is 2.71.